The number of benzene rings is 2. The topological polar surface area (TPSA) is 85.4 Å². The normalized spacial score (nSPS) is 13.5. The molecule has 1 heterocycles. The van der Waals surface area contributed by atoms with Crippen LogP contribution in [-0.4, -0.2) is 69.6 Å². The number of carbonyl (C=O) groups excluding carboxylic acids is 3. The first-order valence-electron chi connectivity index (χ1n) is 10.5. The highest BCUT2D eigenvalue weighted by atomic mass is 19.1. The van der Waals surface area contributed by atoms with Crippen molar-refractivity contribution < 1.29 is 33.0 Å². The molecule has 0 bridgehead atoms. The molecule has 9 heteroatoms. The fourth-order valence-corrected chi connectivity index (χ4v) is 3.62. The number of halogens is 1. The SMILES string of the molecule is COc1ccc(CC(=O)OCC(=O)N2CCN(c3ccc(C(C)=O)cc3F)CC2)cc1OC. The highest BCUT2D eigenvalue weighted by Crippen LogP contribution is 2.28. The average Bonchev–Trinajstić information content (AvgIpc) is 2.82. The van der Waals surface area contributed by atoms with Crippen LogP contribution in [0.3, 0.4) is 0 Å². The highest BCUT2D eigenvalue weighted by molar-refractivity contribution is 5.94. The van der Waals surface area contributed by atoms with Gasteiger partial charge in [0.05, 0.1) is 26.3 Å². The lowest BCUT2D eigenvalue weighted by Crippen LogP contribution is -2.50. The maximum absolute atomic E-state index is 14.4. The van der Waals surface area contributed by atoms with Gasteiger partial charge in [-0.2, -0.15) is 0 Å². The highest BCUT2D eigenvalue weighted by Gasteiger charge is 2.24. The van der Waals surface area contributed by atoms with E-state index in [1.807, 2.05) is 4.90 Å². The van der Waals surface area contributed by atoms with Gasteiger partial charge in [-0.15, -0.1) is 0 Å². The largest absolute Gasteiger partial charge is 0.493 e. The molecule has 1 amide bonds. The molecular weight excluding hydrogens is 431 g/mol. The zero-order valence-corrected chi connectivity index (χ0v) is 18.9. The van der Waals surface area contributed by atoms with E-state index in [0.717, 1.165) is 0 Å². The van der Waals surface area contributed by atoms with Gasteiger partial charge in [0.25, 0.3) is 5.91 Å². The lowest BCUT2D eigenvalue weighted by Gasteiger charge is -2.36. The summed E-state index contributed by atoms with van der Waals surface area (Å²) in [5, 5.41) is 0. The maximum atomic E-state index is 14.4. The second-order valence-electron chi connectivity index (χ2n) is 7.62. The molecule has 2 aromatic rings. The summed E-state index contributed by atoms with van der Waals surface area (Å²) < 4.78 is 29.9. The number of piperazine rings is 1. The summed E-state index contributed by atoms with van der Waals surface area (Å²) >= 11 is 0. The van der Waals surface area contributed by atoms with E-state index in [2.05, 4.69) is 0 Å². The third-order valence-corrected chi connectivity index (χ3v) is 5.48. The number of amides is 1. The molecule has 0 N–H and O–H groups in total. The van der Waals surface area contributed by atoms with E-state index in [1.54, 1.807) is 35.2 Å². The number of Topliss-reactive ketones (excluding diaryl/α,β-unsaturated/α-hetero) is 1. The number of hydrogen-bond donors (Lipinski definition) is 0. The molecule has 1 aliphatic rings. The molecule has 0 unspecified atom stereocenters. The van der Waals surface area contributed by atoms with E-state index in [-0.39, 0.29) is 24.7 Å². The Kier molecular flexibility index (Phi) is 7.87. The smallest absolute Gasteiger partial charge is 0.310 e. The Morgan fingerprint density at radius 1 is 0.939 bits per heavy atom. The zero-order chi connectivity index (χ0) is 24.0. The number of ether oxygens (including phenoxy) is 3. The molecule has 0 radical (unpaired) electrons. The summed E-state index contributed by atoms with van der Waals surface area (Å²) in [6.07, 6.45) is -0.00303. The van der Waals surface area contributed by atoms with Gasteiger partial charge < -0.3 is 24.0 Å². The van der Waals surface area contributed by atoms with Crippen LogP contribution in [0.25, 0.3) is 0 Å². The molecule has 0 aromatic heterocycles. The third kappa shape index (κ3) is 6.00. The monoisotopic (exact) mass is 458 g/mol. The fraction of sp³-hybridized carbons (Fsp3) is 0.375. The number of anilines is 1. The van der Waals surface area contributed by atoms with Crippen molar-refractivity contribution in [3.05, 3.63) is 53.3 Å². The molecule has 1 aliphatic heterocycles. The molecule has 176 valence electrons. The van der Waals surface area contributed by atoms with Crippen molar-refractivity contribution in [1.82, 2.24) is 4.90 Å². The van der Waals surface area contributed by atoms with Crippen LogP contribution in [0.5, 0.6) is 11.5 Å². The second-order valence-corrected chi connectivity index (χ2v) is 7.62. The summed E-state index contributed by atoms with van der Waals surface area (Å²) in [6.45, 7) is 2.65. The summed E-state index contributed by atoms with van der Waals surface area (Å²) in [5.74, 6) is -0.435. The van der Waals surface area contributed by atoms with Crippen molar-refractivity contribution in [3.8, 4) is 11.5 Å². The van der Waals surface area contributed by atoms with Crippen molar-refractivity contribution >= 4 is 23.3 Å². The molecular formula is C24H27FN2O6. The Labute approximate surface area is 191 Å². The van der Waals surface area contributed by atoms with Gasteiger partial charge in [-0.3, -0.25) is 14.4 Å². The zero-order valence-electron chi connectivity index (χ0n) is 18.9. The van der Waals surface area contributed by atoms with Crippen LogP contribution >= 0.6 is 0 Å². The van der Waals surface area contributed by atoms with E-state index < -0.39 is 11.8 Å². The summed E-state index contributed by atoms with van der Waals surface area (Å²) in [6, 6.07) is 9.51. The lowest BCUT2D eigenvalue weighted by atomic mass is 10.1. The summed E-state index contributed by atoms with van der Waals surface area (Å²) in [5.41, 5.74) is 1.39. The van der Waals surface area contributed by atoms with E-state index >= 15 is 0 Å². The van der Waals surface area contributed by atoms with Crippen molar-refractivity contribution in [2.45, 2.75) is 13.3 Å². The molecule has 1 fully saturated rings. The van der Waals surface area contributed by atoms with Gasteiger partial charge in [0.1, 0.15) is 5.82 Å². The van der Waals surface area contributed by atoms with Crippen LogP contribution in [0.1, 0.15) is 22.8 Å². The number of methoxy groups -OCH3 is 2. The molecule has 0 spiro atoms. The minimum Gasteiger partial charge on any atom is -0.493 e. The number of esters is 1. The predicted molar refractivity (Wildman–Crippen MR) is 119 cm³/mol. The maximum Gasteiger partial charge on any atom is 0.310 e. The van der Waals surface area contributed by atoms with E-state index in [4.69, 9.17) is 14.2 Å². The summed E-state index contributed by atoms with van der Waals surface area (Å²) in [4.78, 5) is 39.4. The predicted octanol–water partition coefficient (Wildman–Crippen LogP) is 2.48. The van der Waals surface area contributed by atoms with Gasteiger partial charge in [-0.05, 0) is 42.8 Å². The lowest BCUT2D eigenvalue weighted by molar-refractivity contribution is -0.151. The van der Waals surface area contributed by atoms with Crippen LogP contribution in [0, 0.1) is 5.82 Å². The van der Waals surface area contributed by atoms with Crippen molar-refractivity contribution in [2.75, 3.05) is 51.9 Å². The molecule has 0 atom stereocenters. The van der Waals surface area contributed by atoms with E-state index in [0.29, 0.717) is 54.5 Å². The first kappa shape index (κ1) is 24.0. The van der Waals surface area contributed by atoms with E-state index in [9.17, 15) is 18.8 Å². The van der Waals surface area contributed by atoms with Gasteiger partial charge in [0.15, 0.2) is 23.9 Å². The Morgan fingerprint density at radius 2 is 1.64 bits per heavy atom. The van der Waals surface area contributed by atoms with Gasteiger partial charge >= 0.3 is 5.97 Å². The second kappa shape index (κ2) is 10.8. The number of carbonyl (C=O) groups is 3. The number of nitrogens with zero attached hydrogens (tertiary/aromatic N) is 2. The number of ketones is 1. The molecule has 3 rings (SSSR count). The molecule has 0 aliphatic carbocycles. The fourth-order valence-electron chi connectivity index (χ4n) is 3.62. The molecule has 8 nitrogen and oxygen atoms in total. The van der Waals surface area contributed by atoms with Gasteiger partial charge in [0, 0.05) is 31.7 Å². The molecule has 33 heavy (non-hydrogen) atoms. The summed E-state index contributed by atoms with van der Waals surface area (Å²) in [7, 11) is 3.03. The Hall–Kier alpha value is -3.62. The Balaban J connectivity index is 1.47. The Bertz CT molecular complexity index is 1030. The Morgan fingerprint density at radius 3 is 2.24 bits per heavy atom. The van der Waals surface area contributed by atoms with Crippen LogP contribution in [-0.2, 0) is 20.7 Å². The minimum atomic E-state index is -0.526. The van der Waals surface area contributed by atoms with Crippen LogP contribution in [0.4, 0.5) is 10.1 Å². The van der Waals surface area contributed by atoms with E-state index in [1.165, 1.54) is 27.2 Å². The van der Waals surface area contributed by atoms with Crippen molar-refractivity contribution in [2.24, 2.45) is 0 Å². The van der Waals surface area contributed by atoms with Crippen molar-refractivity contribution in [3.63, 3.8) is 0 Å². The van der Waals surface area contributed by atoms with Crippen LogP contribution in [0.2, 0.25) is 0 Å². The van der Waals surface area contributed by atoms with Gasteiger partial charge in [-0.25, -0.2) is 4.39 Å². The first-order chi connectivity index (χ1) is 15.8. The average molecular weight is 458 g/mol. The number of rotatable bonds is 8. The molecule has 1 saturated heterocycles. The van der Waals surface area contributed by atoms with Gasteiger partial charge in [0.2, 0.25) is 0 Å². The quantitative estimate of drug-likeness (QED) is 0.444. The van der Waals surface area contributed by atoms with Crippen LogP contribution in [0.15, 0.2) is 36.4 Å². The number of hydrogen-bond acceptors (Lipinski definition) is 7. The standard InChI is InChI=1S/C24H27FN2O6/c1-16(28)18-5-6-20(19(25)14-18)26-8-10-27(11-9-26)23(29)15-33-24(30)13-17-4-7-21(31-2)22(12-17)32-3/h4-7,12,14H,8-11,13,15H2,1-3H3. The third-order valence-electron chi connectivity index (χ3n) is 5.48. The molecule has 2 aromatic carbocycles. The van der Waals surface area contributed by atoms with Crippen molar-refractivity contribution in [1.29, 1.82) is 0 Å². The minimum absolute atomic E-state index is 0.00303. The molecule has 0 saturated carbocycles. The van der Waals surface area contributed by atoms with Gasteiger partial charge in [-0.1, -0.05) is 6.07 Å². The van der Waals surface area contributed by atoms with Crippen LogP contribution < -0.4 is 14.4 Å². The first-order valence-corrected chi connectivity index (χ1v) is 10.5.